The van der Waals surface area contributed by atoms with Gasteiger partial charge in [0.2, 0.25) is 10.0 Å². The van der Waals surface area contributed by atoms with Crippen molar-refractivity contribution in [2.75, 3.05) is 30.3 Å². The summed E-state index contributed by atoms with van der Waals surface area (Å²) in [6.45, 7) is 1.48. The van der Waals surface area contributed by atoms with Gasteiger partial charge in [-0.1, -0.05) is 6.07 Å². The Kier molecular flexibility index (Phi) is 6.39. The number of anilines is 1. The van der Waals surface area contributed by atoms with Crippen molar-refractivity contribution in [2.45, 2.75) is 24.3 Å². The fourth-order valence-corrected chi connectivity index (χ4v) is 6.73. The van der Waals surface area contributed by atoms with Crippen LogP contribution in [0.2, 0.25) is 0 Å². The number of piperidine rings is 3. The fraction of sp³-hybridized carbons (Fsp3) is 0.409. The first-order chi connectivity index (χ1) is 15.5. The molecular formula is C22H27N3O6S2. The molecular weight excluding hydrogens is 466 g/mol. The monoisotopic (exact) mass is 493 g/mol. The Morgan fingerprint density at radius 1 is 0.970 bits per heavy atom. The van der Waals surface area contributed by atoms with Gasteiger partial charge in [-0.05, 0) is 68.2 Å². The molecule has 2 aromatic carbocycles. The SMILES string of the molecule is CS(=O)(=O)Nc1cccc(Oc2ccc(C(=O)N[C@@H]3C4CCN(CC4)[C@H]3S(C)(=O)=O)cc2)c1. The summed E-state index contributed by atoms with van der Waals surface area (Å²) >= 11 is 0. The summed E-state index contributed by atoms with van der Waals surface area (Å²) < 4.78 is 55.7. The molecule has 0 spiro atoms. The molecule has 2 N–H and O–H groups in total. The van der Waals surface area contributed by atoms with Gasteiger partial charge in [0.15, 0.2) is 9.84 Å². The van der Waals surface area contributed by atoms with Crippen molar-refractivity contribution in [3.8, 4) is 11.5 Å². The average Bonchev–Trinajstić information content (AvgIpc) is 2.73. The molecule has 2 aromatic rings. The maximum Gasteiger partial charge on any atom is 0.251 e. The van der Waals surface area contributed by atoms with Crippen molar-refractivity contribution in [1.82, 2.24) is 10.2 Å². The van der Waals surface area contributed by atoms with Crippen LogP contribution >= 0.6 is 0 Å². The Bertz CT molecular complexity index is 1240. The van der Waals surface area contributed by atoms with E-state index in [2.05, 4.69) is 10.0 Å². The molecule has 33 heavy (non-hydrogen) atoms. The van der Waals surface area contributed by atoms with Gasteiger partial charge in [-0.25, -0.2) is 16.8 Å². The van der Waals surface area contributed by atoms with Crippen LogP contribution in [0.25, 0.3) is 0 Å². The van der Waals surface area contributed by atoms with E-state index < -0.39 is 31.3 Å². The minimum Gasteiger partial charge on any atom is -0.457 e. The third kappa shape index (κ3) is 5.66. The molecule has 5 rings (SSSR count). The normalized spacial score (nSPS) is 24.8. The highest BCUT2D eigenvalue weighted by molar-refractivity contribution is 7.92. The summed E-state index contributed by atoms with van der Waals surface area (Å²) in [4.78, 5) is 14.8. The zero-order valence-electron chi connectivity index (χ0n) is 18.4. The molecule has 3 fully saturated rings. The van der Waals surface area contributed by atoms with Gasteiger partial charge in [0.1, 0.15) is 16.9 Å². The molecule has 3 saturated heterocycles. The zero-order chi connectivity index (χ0) is 23.8. The first kappa shape index (κ1) is 23.5. The summed E-state index contributed by atoms with van der Waals surface area (Å²) in [6.07, 6.45) is 4.04. The van der Waals surface area contributed by atoms with Crippen molar-refractivity contribution in [3.05, 3.63) is 54.1 Å². The molecule has 2 bridgehead atoms. The van der Waals surface area contributed by atoms with Crippen molar-refractivity contribution < 1.29 is 26.4 Å². The number of fused-ring (bicyclic) bond motifs is 3. The van der Waals surface area contributed by atoms with Crippen LogP contribution in [0.4, 0.5) is 5.69 Å². The molecule has 1 amide bonds. The third-order valence-electron chi connectivity index (χ3n) is 5.98. The quantitative estimate of drug-likeness (QED) is 0.605. The Morgan fingerprint density at radius 3 is 2.24 bits per heavy atom. The number of benzene rings is 2. The van der Waals surface area contributed by atoms with E-state index in [1.54, 1.807) is 48.5 Å². The van der Waals surface area contributed by atoms with E-state index >= 15 is 0 Å². The lowest BCUT2D eigenvalue weighted by Gasteiger charge is -2.49. The lowest BCUT2D eigenvalue weighted by molar-refractivity contribution is 0.0463. The van der Waals surface area contributed by atoms with Crippen molar-refractivity contribution >= 4 is 31.5 Å². The molecule has 11 heteroatoms. The Morgan fingerprint density at radius 2 is 1.64 bits per heavy atom. The molecule has 0 unspecified atom stereocenters. The summed E-state index contributed by atoms with van der Waals surface area (Å²) in [5.41, 5.74) is 0.780. The van der Waals surface area contributed by atoms with Crippen molar-refractivity contribution in [3.63, 3.8) is 0 Å². The second-order valence-corrected chi connectivity index (χ2v) is 12.5. The minimum atomic E-state index is -3.40. The lowest BCUT2D eigenvalue weighted by atomic mass is 9.83. The number of sulfonamides is 1. The number of carbonyl (C=O) groups excluding carboxylic acids is 1. The highest BCUT2D eigenvalue weighted by Crippen LogP contribution is 2.35. The smallest absolute Gasteiger partial charge is 0.251 e. The second kappa shape index (κ2) is 8.96. The molecule has 3 aliphatic rings. The summed E-state index contributed by atoms with van der Waals surface area (Å²) in [6, 6.07) is 12.6. The van der Waals surface area contributed by atoms with Crippen molar-refractivity contribution in [1.29, 1.82) is 0 Å². The number of rotatable bonds is 7. The number of nitrogens with one attached hydrogen (secondary N) is 2. The van der Waals surface area contributed by atoms with Crippen LogP contribution in [0.1, 0.15) is 23.2 Å². The van der Waals surface area contributed by atoms with E-state index in [4.69, 9.17) is 4.74 Å². The Balaban J connectivity index is 1.44. The number of carbonyl (C=O) groups is 1. The molecule has 0 radical (unpaired) electrons. The summed E-state index contributed by atoms with van der Waals surface area (Å²) in [7, 11) is -6.74. The van der Waals surface area contributed by atoms with Gasteiger partial charge in [-0.2, -0.15) is 0 Å². The van der Waals surface area contributed by atoms with Gasteiger partial charge in [-0.15, -0.1) is 0 Å². The van der Waals surface area contributed by atoms with Crippen LogP contribution < -0.4 is 14.8 Å². The molecule has 3 heterocycles. The molecule has 0 saturated carbocycles. The van der Waals surface area contributed by atoms with E-state index in [9.17, 15) is 21.6 Å². The first-order valence-electron chi connectivity index (χ1n) is 10.6. The van der Waals surface area contributed by atoms with E-state index in [0.717, 1.165) is 32.2 Å². The predicted octanol–water partition coefficient (Wildman–Crippen LogP) is 2.05. The predicted molar refractivity (Wildman–Crippen MR) is 126 cm³/mol. The number of hydrogen-bond acceptors (Lipinski definition) is 7. The second-order valence-electron chi connectivity index (χ2n) is 8.62. The van der Waals surface area contributed by atoms with Gasteiger partial charge in [-0.3, -0.25) is 14.4 Å². The molecule has 0 aromatic heterocycles. The molecule has 178 valence electrons. The number of ether oxygens (including phenoxy) is 1. The van der Waals surface area contributed by atoms with Crippen molar-refractivity contribution in [2.24, 2.45) is 5.92 Å². The fourth-order valence-electron chi connectivity index (χ4n) is 4.60. The molecule has 2 atom stereocenters. The average molecular weight is 494 g/mol. The number of amides is 1. The standard InChI is InChI=1S/C22H27N3O6S2/c1-32(27,28)22-20(15-10-12-25(22)13-11-15)23-21(26)16-6-8-18(9-7-16)31-19-5-3-4-17(14-19)24-33(2,29)30/h3-9,14-15,20,22,24H,10-13H2,1-2H3,(H,23,26)/t20-,22+/m1/s1. The lowest BCUT2D eigenvalue weighted by Crippen LogP contribution is -2.65. The van der Waals surface area contributed by atoms with Gasteiger partial charge in [0.25, 0.3) is 5.91 Å². The van der Waals surface area contributed by atoms with E-state index in [0.29, 0.717) is 22.7 Å². The highest BCUT2D eigenvalue weighted by Gasteiger charge is 2.47. The minimum absolute atomic E-state index is 0.147. The van der Waals surface area contributed by atoms with E-state index in [-0.39, 0.29) is 11.8 Å². The summed E-state index contributed by atoms with van der Waals surface area (Å²) in [5, 5.41) is 2.27. The number of hydrogen-bond donors (Lipinski definition) is 2. The first-order valence-corrected chi connectivity index (χ1v) is 14.4. The van der Waals surface area contributed by atoms with Gasteiger partial charge in [0.05, 0.1) is 18.0 Å². The molecule has 0 aliphatic carbocycles. The van der Waals surface area contributed by atoms with Crippen LogP contribution in [0.3, 0.4) is 0 Å². The maximum atomic E-state index is 12.9. The van der Waals surface area contributed by atoms with Crippen LogP contribution in [0.5, 0.6) is 11.5 Å². The highest BCUT2D eigenvalue weighted by atomic mass is 32.2. The largest absolute Gasteiger partial charge is 0.457 e. The van der Waals surface area contributed by atoms with E-state index in [1.165, 1.54) is 6.26 Å². The van der Waals surface area contributed by atoms with Gasteiger partial charge in [0, 0.05) is 17.9 Å². The number of sulfone groups is 1. The van der Waals surface area contributed by atoms with E-state index in [1.807, 2.05) is 4.90 Å². The third-order valence-corrected chi connectivity index (χ3v) is 8.05. The number of nitrogens with zero attached hydrogens (tertiary/aromatic N) is 1. The molecule has 9 nitrogen and oxygen atoms in total. The Labute approximate surface area is 194 Å². The van der Waals surface area contributed by atoms with Crippen LogP contribution in [-0.4, -0.2) is 64.7 Å². The van der Waals surface area contributed by atoms with Crippen LogP contribution in [0, 0.1) is 5.92 Å². The van der Waals surface area contributed by atoms with Crippen LogP contribution in [0.15, 0.2) is 48.5 Å². The van der Waals surface area contributed by atoms with Gasteiger partial charge >= 0.3 is 0 Å². The maximum absolute atomic E-state index is 12.9. The van der Waals surface area contributed by atoms with Gasteiger partial charge < -0.3 is 10.1 Å². The summed E-state index contributed by atoms with van der Waals surface area (Å²) in [5.74, 6) is 0.728. The van der Waals surface area contributed by atoms with Crippen LogP contribution in [-0.2, 0) is 19.9 Å². The molecule has 3 aliphatic heterocycles. The zero-order valence-corrected chi connectivity index (χ0v) is 20.0. The topological polar surface area (TPSA) is 122 Å². The Hall–Kier alpha value is -2.63.